The van der Waals surface area contributed by atoms with E-state index < -0.39 is 17.6 Å². The first kappa shape index (κ1) is 14.9. The molecule has 0 aliphatic heterocycles. The van der Waals surface area contributed by atoms with Gasteiger partial charge in [-0.2, -0.15) is 18.3 Å². The van der Waals surface area contributed by atoms with Crippen molar-refractivity contribution in [1.82, 2.24) is 10.2 Å². The van der Waals surface area contributed by atoms with Crippen molar-refractivity contribution in [3.05, 3.63) is 41.7 Å². The van der Waals surface area contributed by atoms with Crippen LogP contribution in [0.25, 0.3) is 0 Å². The Bertz CT molecular complexity index is 623. The molecule has 1 aromatic carbocycles. The fourth-order valence-corrected chi connectivity index (χ4v) is 1.79. The minimum Gasteiger partial charge on any atom is -0.385 e. The summed E-state index contributed by atoms with van der Waals surface area (Å²) in [5, 5.41) is 11.2. The number of nitrogens with zero attached hydrogens (tertiary/aromatic N) is 1. The van der Waals surface area contributed by atoms with Gasteiger partial charge in [0.05, 0.1) is 17.4 Å². The fourth-order valence-electron chi connectivity index (χ4n) is 1.79. The van der Waals surface area contributed by atoms with E-state index in [4.69, 9.17) is 0 Å². The Morgan fingerprint density at radius 3 is 2.71 bits per heavy atom. The summed E-state index contributed by atoms with van der Waals surface area (Å²) in [5.41, 5.74) is -0.622. The van der Waals surface area contributed by atoms with E-state index in [1.807, 2.05) is 0 Å². The highest BCUT2D eigenvalue weighted by atomic mass is 19.4. The molecule has 2 aromatic rings. The second kappa shape index (κ2) is 5.86. The van der Waals surface area contributed by atoms with E-state index >= 15 is 0 Å². The Labute approximate surface area is 118 Å². The van der Waals surface area contributed by atoms with E-state index in [1.54, 1.807) is 6.92 Å². The molecule has 21 heavy (non-hydrogen) atoms. The van der Waals surface area contributed by atoms with Crippen molar-refractivity contribution in [3.8, 4) is 0 Å². The number of hydrogen-bond acceptors (Lipinski definition) is 3. The lowest BCUT2D eigenvalue weighted by molar-refractivity contribution is -0.137. The first-order valence-electron chi connectivity index (χ1n) is 6.17. The topological polar surface area (TPSA) is 69.8 Å². The van der Waals surface area contributed by atoms with Crippen LogP contribution in [-0.2, 0) is 6.18 Å². The predicted octanol–water partition coefficient (Wildman–Crippen LogP) is 3.11. The smallest absolute Gasteiger partial charge is 0.385 e. The van der Waals surface area contributed by atoms with Gasteiger partial charge in [0.2, 0.25) is 0 Å². The number of hydrogen-bond donors (Lipinski definition) is 3. The quantitative estimate of drug-likeness (QED) is 0.812. The van der Waals surface area contributed by atoms with Crippen LogP contribution in [-0.4, -0.2) is 22.6 Å². The molecular formula is C13H13F3N4O. The molecule has 0 radical (unpaired) electrons. The van der Waals surface area contributed by atoms with Crippen molar-refractivity contribution in [2.75, 3.05) is 17.2 Å². The Morgan fingerprint density at radius 2 is 2.14 bits per heavy atom. The molecule has 3 N–H and O–H groups in total. The molecule has 0 spiro atoms. The van der Waals surface area contributed by atoms with Gasteiger partial charge in [0, 0.05) is 24.0 Å². The number of carbonyl (C=O) groups excluding carboxylic acids is 1. The van der Waals surface area contributed by atoms with Crippen molar-refractivity contribution in [1.29, 1.82) is 0 Å². The maximum atomic E-state index is 13.0. The van der Waals surface area contributed by atoms with Gasteiger partial charge in [-0.05, 0) is 25.1 Å². The lowest BCUT2D eigenvalue weighted by atomic mass is 10.1. The van der Waals surface area contributed by atoms with E-state index in [1.165, 1.54) is 24.5 Å². The zero-order chi connectivity index (χ0) is 15.5. The van der Waals surface area contributed by atoms with Crippen LogP contribution in [0.2, 0.25) is 0 Å². The first-order valence-corrected chi connectivity index (χ1v) is 6.17. The minimum atomic E-state index is -4.54. The molecule has 2 rings (SSSR count). The van der Waals surface area contributed by atoms with Crippen LogP contribution >= 0.6 is 0 Å². The number of anilines is 2. The van der Waals surface area contributed by atoms with Crippen molar-refractivity contribution < 1.29 is 18.0 Å². The van der Waals surface area contributed by atoms with Crippen molar-refractivity contribution in [3.63, 3.8) is 0 Å². The summed E-state index contributed by atoms with van der Waals surface area (Å²) < 4.78 is 39.0. The van der Waals surface area contributed by atoms with E-state index in [0.29, 0.717) is 12.2 Å². The van der Waals surface area contributed by atoms with Gasteiger partial charge in [-0.1, -0.05) is 0 Å². The number of alkyl halides is 3. The Morgan fingerprint density at radius 1 is 1.38 bits per heavy atom. The third-order valence-electron chi connectivity index (χ3n) is 2.71. The molecule has 0 aliphatic carbocycles. The molecule has 8 heteroatoms. The van der Waals surface area contributed by atoms with Gasteiger partial charge in [-0.15, -0.1) is 0 Å². The average molecular weight is 298 g/mol. The fraction of sp³-hybridized carbons (Fsp3) is 0.231. The number of nitrogens with one attached hydrogen (secondary N) is 3. The highest BCUT2D eigenvalue weighted by Crippen LogP contribution is 2.35. The van der Waals surface area contributed by atoms with Gasteiger partial charge in [-0.3, -0.25) is 9.89 Å². The minimum absolute atomic E-state index is 0.0511. The van der Waals surface area contributed by atoms with Crippen LogP contribution in [0.5, 0.6) is 0 Å². The number of aromatic nitrogens is 2. The van der Waals surface area contributed by atoms with Crippen molar-refractivity contribution >= 4 is 17.3 Å². The van der Waals surface area contributed by atoms with E-state index in [9.17, 15) is 18.0 Å². The zero-order valence-corrected chi connectivity index (χ0v) is 11.1. The van der Waals surface area contributed by atoms with Gasteiger partial charge >= 0.3 is 6.18 Å². The van der Waals surface area contributed by atoms with Gasteiger partial charge in [0.1, 0.15) is 0 Å². The standard InChI is InChI=1S/C13H13F3N4O/c1-2-17-11-4-3-8(5-10(11)13(14,15)16)12(21)20-9-6-18-19-7-9/h3-7,17H,2H2,1H3,(H,18,19)(H,20,21). The first-order chi connectivity index (χ1) is 9.91. The number of carbonyl (C=O) groups is 1. The summed E-state index contributed by atoms with van der Waals surface area (Å²) in [5.74, 6) is -0.634. The summed E-state index contributed by atoms with van der Waals surface area (Å²) in [6.07, 6.45) is -1.76. The number of H-pyrrole nitrogens is 1. The van der Waals surface area contributed by atoms with Crippen LogP contribution < -0.4 is 10.6 Å². The summed E-state index contributed by atoms with van der Waals surface area (Å²) in [6, 6.07) is 3.41. The normalized spacial score (nSPS) is 11.2. The molecule has 0 aliphatic rings. The Balaban J connectivity index is 2.30. The number of rotatable bonds is 4. The molecule has 0 fully saturated rings. The van der Waals surface area contributed by atoms with Crippen molar-refractivity contribution in [2.24, 2.45) is 0 Å². The number of amides is 1. The lowest BCUT2D eigenvalue weighted by Crippen LogP contribution is -2.15. The van der Waals surface area contributed by atoms with E-state index in [-0.39, 0.29) is 11.3 Å². The lowest BCUT2D eigenvalue weighted by Gasteiger charge is -2.15. The van der Waals surface area contributed by atoms with Crippen molar-refractivity contribution in [2.45, 2.75) is 13.1 Å². The van der Waals surface area contributed by atoms with Gasteiger partial charge in [0.25, 0.3) is 5.91 Å². The molecule has 1 aromatic heterocycles. The summed E-state index contributed by atoms with van der Waals surface area (Å²) >= 11 is 0. The largest absolute Gasteiger partial charge is 0.418 e. The van der Waals surface area contributed by atoms with Gasteiger partial charge in [0.15, 0.2) is 0 Å². The maximum Gasteiger partial charge on any atom is 0.418 e. The molecule has 0 saturated heterocycles. The molecular weight excluding hydrogens is 285 g/mol. The Kier molecular flexibility index (Phi) is 4.15. The van der Waals surface area contributed by atoms with Gasteiger partial charge < -0.3 is 10.6 Å². The average Bonchev–Trinajstić information content (AvgIpc) is 2.91. The highest BCUT2D eigenvalue weighted by molar-refractivity contribution is 6.04. The Hall–Kier alpha value is -2.51. The van der Waals surface area contributed by atoms with Crippen LogP contribution in [0.1, 0.15) is 22.8 Å². The monoisotopic (exact) mass is 298 g/mol. The third kappa shape index (κ3) is 3.53. The molecule has 0 atom stereocenters. The maximum absolute atomic E-state index is 13.0. The summed E-state index contributed by atoms with van der Waals surface area (Å²) in [6.45, 7) is 2.04. The van der Waals surface area contributed by atoms with Crippen LogP contribution in [0.15, 0.2) is 30.6 Å². The highest BCUT2D eigenvalue weighted by Gasteiger charge is 2.34. The van der Waals surface area contributed by atoms with E-state index in [2.05, 4.69) is 20.8 Å². The summed E-state index contributed by atoms with van der Waals surface area (Å²) in [4.78, 5) is 11.9. The molecule has 1 amide bonds. The molecule has 0 saturated carbocycles. The van der Waals surface area contributed by atoms with Crippen LogP contribution in [0.4, 0.5) is 24.5 Å². The number of benzene rings is 1. The number of halogens is 3. The zero-order valence-electron chi connectivity index (χ0n) is 11.1. The third-order valence-corrected chi connectivity index (χ3v) is 2.71. The predicted molar refractivity (Wildman–Crippen MR) is 72.1 cm³/mol. The SMILES string of the molecule is CCNc1ccc(C(=O)Nc2cn[nH]c2)cc1C(F)(F)F. The number of aromatic amines is 1. The van der Waals surface area contributed by atoms with E-state index in [0.717, 1.165) is 6.07 Å². The molecule has 5 nitrogen and oxygen atoms in total. The second-order valence-electron chi connectivity index (χ2n) is 4.23. The van der Waals surface area contributed by atoms with Crippen LogP contribution in [0, 0.1) is 0 Å². The summed E-state index contributed by atoms with van der Waals surface area (Å²) in [7, 11) is 0. The molecule has 1 heterocycles. The molecule has 0 bridgehead atoms. The van der Waals surface area contributed by atoms with Crippen LogP contribution in [0.3, 0.4) is 0 Å². The molecule has 0 unspecified atom stereocenters. The second-order valence-corrected chi connectivity index (χ2v) is 4.23. The molecule has 112 valence electrons. The van der Waals surface area contributed by atoms with Gasteiger partial charge in [-0.25, -0.2) is 0 Å².